The maximum Gasteiger partial charge on any atom is 0.243 e. The second-order valence-electron chi connectivity index (χ2n) is 7.98. The molecule has 0 aromatic heterocycles. The van der Waals surface area contributed by atoms with Crippen LogP contribution in [0.1, 0.15) is 59.8 Å². The predicted octanol–water partition coefficient (Wildman–Crippen LogP) is 4.01. The van der Waals surface area contributed by atoms with Crippen molar-refractivity contribution in [2.45, 2.75) is 70.7 Å². The third kappa shape index (κ3) is 5.28. The van der Waals surface area contributed by atoms with Gasteiger partial charge in [-0.15, -0.1) is 0 Å². The Hall–Kier alpha value is -1.40. The Morgan fingerprint density at radius 1 is 1.20 bits per heavy atom. The normalized spacial score (nSPS) is 19.6. The maximum absolute atomic E-state index is 12.9. The summed E-state index contributed by atoms with van der Waals surface area (Å²) in [4.78, 5) is 12.3. The summed E-state index contributed by atoms with van der Waals surface area (Å²) >= 11 is 0. The molecule has 0 radical (unpaired) electrons. The van der Waals surface area contributed by atoms with Crippen molar-refractivity contribution in [2.75, 3.05) is 11.9 Å². The van der Waals surface area contributed by atoms with E-state index in [4.69, 9.17) is 0 Å². The largest absolute Gasteiger partial charge is 0.326 e. The number of anilines is 1. The van der Waals surface area contributed by atoms with Gasteiger partial charge in [0.15, 0.2) is 0 Å². The van der Waals surface area contributed by atoms with E-state index in [0.717, 1.165) is 25.7 Å². The van der Waals surface area contributed by atoms with E-state index in [2.05, 4.69) is 5.32 Å². The average molecular weight is 367 g/mol. The molecule has 140 valence electrons. The molecule has 1 aromatic carbocycles. The van der Waals surface area contributed by atoms with Gasteiger partial charge in [-0.05, 0) is 48.9 Å². The summed E-state index contributed by atoms with van der Waals surface area (Å²) in [5.41, 5.74) is 0.537. The van der Waals surface area contributed by atoms with E-state index >= 15 is 0 Å². The second kappa shape index (κ2) is 7.87. The van der Waals surface area contributed by atoms with Gasteiger partial charge in [0, 0.05) is 24.7 Å². The monoisotopic (exact) mass is 366 g/mol. The Kier molecular flexibility index (Phi) is 6.27. The Balaban J connectivity index is 2.11. The number of hydrogen-bond donors (Lipinski definition) is 1. The van der Waals surface area contributed by atoms with Gasteiger partial charge >= 0.3 is 0 Å². The third-order valence-corrected chi connectivity index (χ3v) is 6.45. The van der Waals surface area contributed by atoms with Crippen LogP contribution in [0.25, 0.3) is 0 Å². The molecule has 1 fully saturated rings. The van der Waals surface area contributed by atoms with Crippen LogP contribution in [0.2, 0.25) is 0 Å². The molecule has 6 heteroatoms. The molecule has 1 amide bonds. The fourth-order valence-corrected chi connectivity index (χ4v) is 5.00. The van der Waals surface area contributed by atoms with Crippen LogP contribution in [0, 0.1) is 5.41 Å². The van der Waals surface area contributed by atoms with Gasteiger partial charge in [0.1, 0.15) is 0 Å². The first-order chi connectivity index (χ1) is 11.6. The molecule has 1 N–H and O–H groups in total. The smallest absolute Gasteiger partial charge is 0.243 e. The molecule has 0 saturated carbocycles. The number of benzene rings is 1. The first kappa shape index (κ1) is 19.9. The van der Waals surface area contributed by atoms with Crippen LogP contribution in [0.15, 0.2) is 29.2 Å². The van der Waals surface area contributed by atoms with Crippen LogP contribution in [-0.2, 0) is 14.8 Å². The van der Waals surface area contributed by atoms with Crippen molar-refractivity contribution in [3.63, 3.8) is 0 Å². The maximum atomic E-state index is 12.9. The number of piperidine rings is 1. The lowest BCUT2D eigenvalue weighted by Crippen LogP contribution is -2.43. The van der Waals surface area contributed by atoms with Crippen molar-refractivity contribution >= 4 is 21.6 Å². The Morgan fingerprint density at radius 2 is 1.84 bits per heavy atom. The van der Waals surface area contributed by atoms with Gasteiger partial charge in [-0.1, -0.05) is 34.1 Å². The van der Waals surface area contributed by atoms with Gasteiger partial charge in [-0.3, -0.25) is 4.79 Å². The summed E-state index contributed by atoms with van der Waals surface area (Å²) in [6, 6.07) is 6.59. The fourth-order valence-electron chi connectivity index (χ4n) is 3.23. The van der Waals surface area contributed by atoms with E-state index in [1.165, 1.54) is 0 Å². The van der Waals surface area contributed by atoms with E-state index < -0.39 is 10.0 Å². The molecule has 1 aliphatic heterocycles. The van der Waals surface area contributed by atoms with Crippen LogP contribution in [0.5, 0.6) is 0 Å². The van der Waals surface area contributed by atoms with Gasteiger partial charge in [0.05, 0.1) is 4.90 Å². The number of nitrogens with one attached hydrogen (secondary N) is 1. The molecule has 1 saturated heterocycles. The highest BCUT2D eigenvalue weighted by atomic mass is 32.2. The van der Waals surface area contributed by atoms with Crippen molar-refractivity contribution in [1.82, 2.24) is 4.31 Å². The summed E-state index contributed by atoms with van der Waals surface area (Å²) < 4.78 is 27.5. The van der Waals surface area contributed by atoms with E-state index in [1.54, 1.807) is 28.6 Å². The van der Waals surface area contributed by atoms with Crippen molar-refractivity contribution in [1.29, 1.82) is 0 Å². The minimum atomic E-state index is -3.48. The summed E-state index contributed by atoms with van der Waals surface area (Å²) in [5.74, 6) is -0.0646. The molecular weight excluding hydrogens is 336 g/mol. The van der Waals surface area contributed by atoms with Crippen LogP contribution in [0.3, 0.4) is 0 Å². The molecule has 1 aromatic rings. The minimum absolute atomic E-state index is 0.0646. The van der Waals surface area contributed by atoms with Gasteiger partial charge < -0.3 is 5.32 Å². The lowest BCUT2D eigenvalue weighted by molar-refractivity contribution is -0.117. The van der Waals surface area contributed by atoms with Crippen LogP contribution < -0.4 is 5.32 Å². The predicted molar refractivity (Wildman–Crippen MR) is 101 cm³/mol. The van der Waals surface area contributed by atoms with Gasteiger partial charge in [-0.2, -0.15) is 4.31 Å². The van der Waals surface area contributed by atoms with Gasteiger partial charge in [0.2, 0.25) is 15.9 Å². The van der Waals surface area contributed by atoms with Crippen LogP contribution >= 0.6 is 0 Å². The highest BCUT2D eigenvalue weighted by Crippen LogP contribution is 2.27. The second-order valence-corrected chi connectivity index (χ2v) is 9.87. The first-order valence-electron chi connectivity index (χ1n) is 9.05. The van der Waals surface area contributed by atoms with Gasteiger partial charge in [-0.25, -0.2) is 8.42 Å². The first-order valence-corrected chi connectivity index (χ1v) is 10.5. The zero-order chi connectivity index (χ0) is 18.7. The minimum Gasteiger partial charge on any atom is -0.326 e. The molecule has 1 heterocycles. The van der Waals surface area contributed by atoms with Crippen molar-refractivity contribution in [3.05, 3.63) is 24.3 Å². The number of sulfonamides is 1. The highest BCUT2D eigenvalue weighted by molar-refractivity contribution is 7.89. The molecular formula is C19H30N2O3S. The lowest BCUT2D eigenvalue weighted by Gasteiger charge is -2.34. The summed E-state index contributed by atoms with van der Waals surface area (Å²) in [7, 11) is -3.48. The molecule has 0 aliphatic carbocycles. The Morgan fingerprint density at radius 3 is 2.40 bits per heavy atom. The summed E-state index contributed by atoms with van der Waals surface area (Å²) in [5, 5.41) is 2.83. The number of carbonyl (C=O) groups excluding carboxylic acids is 1. The number of nitrogens with zero attached hydrogens (tertiary/aromatic N) is 1. The number of hydrogen-bond acceptors (Lipinski definition) is 3. The van der Waals surface area contributed by atoms with E-state index in [-0.39, 0.29) is 17.4 Å². The SMILES string of the molecule is CCC1CCCCN1S(=O)(=O)c1ccc(NC(=O)CC(C)(C)C)cc1. The van der Waals surface area contributed by atoms with E-state index in [1.807, 2.05) is 27.7 Å². The zero-order valence-corrected chi connectivity index (χ0v) is 16.5. The number of amides is 1. The quantitative estimate of drug-likeness (QED) is 0.856. The van der Waals surface area contributed by atoms with Crippen molar-refractivity contribution < 1.29 is 13.2 Å². The molecule has 5 nitrogen and oxygen atoms in total. The topological polar surface area (TPSA) is 66.5 Å². The standard InChI is InChI=1S/C19H30N2O3S/c1-5-16-8-6-7-13-21(16)25(23,24)17-11-9-15(10-12-17)20-18(22)14-19(2,3)4/h9-12,16H,5-8,13-14H2,1-4H3,(H,20,22). The summed E-state index contributed by atoms with van der Waals surface area (Å²) in [6.07, 6.45) is 4.18. The van der Waals surface area contributed by atoms with E-state index in [0.29, 0.717) is 23.5 Å². The molecule has 25 heavy (non-hydrogen) atoms. The summed E-state index contributed by atoms with van der Waals surface area (Å²) in [6.45, 7) is 8.64. The lowest BCUT2D eigenvalue weighted by atomic mass is 9.92. The van der Waals surface area contributed by atoms with Crippen molar-refractivity contribution in [2.24, 2.45) is 5.41 Å². The van der Waals surface area contributed by atoms with Crippen molar-refractivity contribution in [3.8, 4) is 0 Å². The molecule has 1 aliphatic rings. The molecule has 0 spiro atoms. The Bertz CT molecular complexity index is 690. The average Bonchev–Trinajstić information content (AvgIpc) is 2.53. The Labute approximate surface area is 151 Å². The molecule has 2 rings (SSSR count). The van der Waals surface area contributed by atoms with E-state index in [9.17, 15) is 13.2 Å². The highest BCUT2D eigenvalue weighted by Gasteiger charge is 2.32. The number of rotatable bonds is 5. The van der Waals surface area contributed by atoms with Gasteiger partial charge in [0.25, 0.3) is 0 Å². The molecule has 1 unspecified atom stereocenters. The number of carbonyl (C=O) groups is 1. The third-order valence-electron chi connectivity index (χ3n) is 4.48. The molecule has 1 atom stereocenters. The fraction of sp³-hybridized carbons (Fsp3) is 0.632. The zero-order valence-electron chi connectivity index (χ0n) is 15.7. The van der Waals surface area contributed by atoms with Crippen LogP contribution in [0.4, 0.5) is 5.69 Å². The van der Waals surface area contributed by atoms with Crippen LogP contribution in [-0.4, -0.2) is 31.2 Å². The molecule has 0 bridgehead atoms.